The van der Waals surface area contributed by atoms with Crippen molar-refractivity contribution in [3.8, 4) is 11.5 Å². The van der Waals surface area contributed by atoms with E-state index in [0.29, 0.717) is 24.8 Å². The van der Waals surface area contributed by atoms with E-state index in [0.717, 1.165) is 12.8 Å². The summed E-state index contributed by atoms with van der Waals surface area (Å²) in [4.78, 5) is 49.0. The summed E-state index contributed by atoms with van der Waals surface area (Å²) in [7, 11) is 1.23. The molecule has 0 aliphatic rings. The van der Waals surface area contributed by atoms with Gasteiger partial charge in [0.25, 0.3) is 0 Å². The Morgan fingerprint density at radius 3 is 2.06 bits per heavy atom. The first kappa shape index (κ1) is 31.1. The highest BCUT2D eigenvalue weighted by Crippen LogP contribution is 2.31. The second-order valence-electron chi connectivity index (χ2n) is 8.99. The maximum atomic E-state index is 12.6. The number of hydrogen-bond donors (Lipinski definition) is 1. The number of rotatable bonds is 16. The molecule has 202 valence electrons. The minimum atomic E-state index is -1.49. The molecule has 1 rings (SSSR count). The topological polar surface area (TPSA) is 131 Å². The van der Waals surface area contributed by atoms with Crippen LogP contribution in [0.1, 0.15) is 84.6 Å². The minimum Gasteiger partial charge on any atom is -0.468 e. The van der Waals surface area contributed by atoms with E-state index in [2.05, 4.69) is 0 Å². The fourth-order valence-electron chi connectivity index (χ4n) is 3.29. The average Bonchev–Trinajstić information content (AvgIpc) is 2.86. The van der Waals surface area contributed by atoms with Gasteiger partial charge in [0.05, 0.1) is 19.6 Å². The van der Waals surface area contributed by atoms with Crippen molar-refractivity contribution in [1.29, 1.82) is 0 Å². The van der Waals surface area contributed by atoms with Gasteiger partial charge in [-0.05, 0) is 37.0 Å². The molecule has 2 N–H and O–H groups in total. The summed E-state index contributed by atoms with van der Waals surface area (Å²) in [6.07, 6.45) is 4.15. The number of ether oxygens (including phenoxy) is 4. The summed E-state index contributed by atoms with van der Waals surface area (Å²) < 4.78 is 21.1. The molecule has 1 aromatic carbocycles. The largest absolute Gasteiger partial charge is 0.468 e. The third-order valence-electron chi connectivity index (χ3n) is 5.84. The Bertz CT molecular complexity index is 885. The lowest BCUT2D eigenvalue weighted by Crippen LogP contribution is -2.51. The van der Waals surface area contributed by atoms with Crippen LogP contribution in [0.25, 0.3) is 0 Å². The van der Waals surface area contributed by atoms with Crippen molar-refractivity contribution >= 4 is 23.9 Å². The van der Waals surface area contributed by atoms with Gasteiger partial charge in [0.1, 0.15) is 5.54 Å². The predicted molar refractivity (Wildman–Crippen MR) is 134 cm³/mol. The summed E-state index contributed by atoms with van der Waals surface area (Å²) in [6.45, 7) is 7.52. The summed E-state index contributed by atoms with van der Waals surface area (Å²) in [5.41, 5.74) is 5.48. The van der Waals surface area contributed by atoms with Crippen molar-refractivity contribution in [3.05, 3.63) is 23.8 Å². The number of benzene rings is 1. The predicted octanol–water partition coefficient (Wildman–Crippen LogP) is 4.27. The molecule has 2 atom stereocenters. The highest BCUT2D eigenvalue weighted by Gasteiger charge is 2.36. The number of esters is 4. The number of unbranched alkanes of at least 4 members (excludes halogenated alkanes) is 2. The molecule has 0 fully saturated rings. The molecule has 0 amide bonds. The van der Waals surface area contributed by atoms with Gasteiger partial charge in [-0.3, -0.25) is 19.2 Å². The van der Waals surface area contributed by atoms with E-state index < -0.39 is 23.4 Å². The van der Waals surface area contributed by atoms with Crippen LogP contribution in [-0.2, 0) is 35.1 Å². The maximum Gasteiger partial charge on any atom is 0.326 e. The van der Waals surface area contributed by atoms with Crippen LogP contribution in [0.4, 0.5) is 0 Å². The van der Waals surface area contributed by atoms with E-state index in [-0.39, 0.29) is 55.7 Å². The fraction of sp³-hybridized carbons (Fsp3) is 0.630. The molecule has 0 saturated heterocycles. The van der Waals surface area contributed by atoms with Gasteiger partial charge in [-0.15, -0.1) is 0 Å². The van der Waals surface area contributed by atoms with Gasteiger partial charge in [0.2, 0.25) is 0 Å². The van der Waals surface area contributed by atoms with Crippen molar-refractivity contribution in [2.45, 2.75) is 91.0 Å². The molecule has 0 bridgehead atoms. The van der Waals surface area contributed by atoms with Crippen LogP contribution >= 0.6 is 0 Å². The normalized spacial score (nSPS) is 13.3. The molecular weight excluding hydrogens is 466 g/mol. The van der Waals surface area contributed by atoms with Gasteiger partial charge < -0.3 is 24.7 Å². The highest BCUT2D eigenvalue weighted by molar-refractivity contribution is 5.81. The first-order valence-corrected chi connectivity index (χ1v) is 12.7. The molecule has 9 nitrogen and oxygen atoms in total. The van der Waals surface area contributed by atoms with Crippen LogP contribution in [-0.4, -0.2) is 43.1 Å². The summed E-state index contributed by atoms with van der Waals surface area (Å²) in [5, 5.41) is 0. The Morgan fingerprint density at radius 2 is 1.53 bits per heavy atom. The van der Waals surface area contributed by atoms with Gasteiger partial charge >= 0.3 is 23.9 Å². The quantitative estimate of drug-likeness (QED) is 0.257. The van der Waals surface area contributed by atoms with Crippen molar-refractivity contribution in [1.82, 2.24) is 0 Å². The summed E-state index contributed by atoms with van der Waals surface area (Å²) >= 11 is 0. The Hall–Kier alpha value is -2.94. The van der Waals surface area contributed by atoms with E-state index in [1.165, 1.54) is 19.2 Å². The molecular formula is C27H41NO8. The molecule has 0 heterocycles. The van der Waals surface area contributed by atoms with E-state index in [1.807, 2.05) is 20.8 Å². The van der Waals surface area contributed by atoms with Crippen molar-refractivity contribution in [2.24, 2.45) is 11.7 Å². The first-order valence-electron chi connectivity index (χ1n) is 12.7. The fourth-order valence-corrected chi connectivity index (χ4v) is 3.29. The molecule has 9 heteroatoms. The van der Waals surface area contributed by atoms with E-state index in [1.54, 1.807) is 13.0 Å². The minimum absolute atomic E-state index is 0.0180. The average molecular weight is 508 g/mol. The lowest BCUT2D eigenvalue weighted by molar-refractivity contribution is -0.153. The Kier molecular flexibility index (Phi) is 13.8. The van der Waals surface area contributed by atoms with E-state index in [4.69, 9.17) is 24.7 Å². The van der Waals surface area contributed by atoms with Gasteiger partial charge in [-0.1, -0.05) is 46.6 Å². The molecule has 0 radical (unpaired) electrons. The van der Waals surface area contributed by atoms with Crippen molar-refractivity contribution in [3.63, 3.8) is 0 Å². The Morgan fingerprint density at radius 1 is 0.944 bits per heavy atom. The van der Waals surface area contributed by atoms with Gasteiger partial charge in [-0.25, -0.2) is 0 Å². The molecule has 0 saturated carbocycles. The van der Waals surface area contributed by atoms with E-state index >= 15 is 0 Å². The third kappa shape index (κ3) is 10.4. The number of carbonyl (C=O) groups is 4. The lowest BCUT2D eigenvalue weighted by Gasteiger charge is -2.27. The highest BCUT2D eigenvalue weighted by atomic mass is 16.6. The summed E-state index contributed by atoms with van der Waals surface area (Å²) in [5.74, 6) is -1.97. The molecule has 36 heavy (non-hydrogen) atoms. The van der Waals surface area contributed by atoms with Crippen LogP contribution in [0.5, 0.6) is 11.5 Å². The van der Waals surface area contributed by atoms with Gasteiger partial charge in [0.15, 0.2) is 11.5 Å². The van der Waals surface area contributed by atoms with Crippen LogP contribution in [0.3, 0.4) is 0 Å². The number of hydrogen-bond acceptors (Lipinski definition) is 9. The zero-order valence-electron chi connectivity index (χ0n) is 22.2. The van der Waals surface area contributed by atoms with Crippen LogP contribution in [0, 0.1) is 5.92 Å². The Labute approximate surface area is 214 Å². The van der Waals surface area contributed by atoms with Gasteiger partial charge in [-0.2, -0.15) is 0 Å². The zero-order chi connectivity index (χ0) is 27.1. The lowest BCUT2D eigenvalue weighted by atomic mass is 9.88. The van der Waals surface area contributed by atoms with Crippen LogP contribution in [0.15, 0.2) is 18.2 Å². The molecule has 1 aromatic rings. The second-order valence-corrected chi connectivity index (χ2v) is 8.99. The maximum absolute atomic E-state index is 12.6. The molecule has 0 spiro atoms. The number of nitrogens with two attached hydrogens (primary N) is 1. The number of carbonyl (C=O) groups excluding carboxylic acids is 4. The van der Waals surface area contributed by atoms with Crippen molar-refractivity contribution < 1.29 is 38.1 Å². The standard InChI is InChI=1S/C27H41NO8/c1-6-9-11-23(29)35-21-14-13-20(17-22(21)36-24(30)12-10-7-2)18-27(28,26(32)33-5)15-16-34-25(31)19(4)8-3/h13-14,17,19H,6-12,15-16,18,28H2,1-5H3/t19?,27-/m1/s1. The Balaban J connectivity index is 3.13. The van der Waals surface area contributed by atoms with Crippen molar-refractivity contribution in [2.75, 3.05) is 13.7 Å². The molecule has 1 unspecified atom stereocenters. The first-order chi connectivity index (χ1) is 17.1. The van der Waals surface area contributed by atoms with Gasteiger partial charge in [0, 0.05) is 25.7 Å². The molecule has 0 aliphatic carbocycles. The molecule has 0 aliphatic heterocycles. The number of methoxy groups -OCH3 is 1. The molecule has 0 aromatic heterocycles. The zero-order valence-corrected chi connectivity index (χ0v) is 22.2. The van der Waals surface area contributed by atoms with Crippen LogP contribution < -0.4 is 15.2 Å². The third-order valence-corrected chi connectivity index (χ3v) is 5.84. The summed E-state index contributed by atoms with van der Waals surface area (Å²) in [6, 6.07) is 4.69. The van der Waals surface area contributed by atoms with E-state index in [9.17, 15) is 19.2 Å². The smallest absolute Gasteiger partial charge is 0.326 e. The van der Waals surface area contributed by atoms with Crippen LogP contribution in [0.2, 0.25) is 0 Å². The SMILES string of the molecule is CCCCC(=O)Oc1ccc(C[C@](N)(CCOC(=O)C(C)CC)C(=O)OC)cc1OC(=O)CCCC. The second kappa shape index (κ2) is 15.9. The monoisotopic (exact) mass is 507 g/mol.